The second kappa shape index (κ2) is 6.51. The van der Waals surface area contributed by atoms with Crippen molar-refractivity contribution in [2.45, 2.75) is 25.9 Å². The summed E-state index contributed by atoms with van der Waals surface area (Å²) in [6, 6.07) is 14.0. The zero-order chi connectivity index (χ0) is 15.5. The fourth-order valence-electron chi connectivity index (χ4n) is 2.78. The van der Waals surface area contributed by atoms with Crippen LogP contribution < -0.4 is 10.6 Å². The largest absolute Gasteiger partial charge is 0.382 e. The van der Waals surface area contributed by atoms with Crippen LogP contribution in [0.1, 0.15) is 28.4 Å². The lowest BCUT2D eigenvalue weighted by molar-refractivity contribution is 0.0990. The third kappa shape index (κ3) is 3.32. The van der Waals surface area contributed by atoms with Crippen molar-refractivity contribution in [1.82, 2.24) is 5.32 Å². The highest BCUT2D eigenvalue weighted by Crippen LogP contribution is 2.26. The Morgan fingerprint density at radius 3 is 2.95 bits per heavy atom. The number of anilines is 1. The van der Waals surface area contributed by atoms with E-state index in [0.717, 1.165) is 28.3 Å². The molecule has 0 saturated carbocycles. The van der Waals surface area contributed by atoms with Gasteiger partial charge in [-0.2, -0.15) is 0 Å². The van der Waals surface area contributed by atoms with Crippen molar-refractivity contribution in [3.05, 3.63) is 64.2 Å². The molecule has 0 spiro atoms. The van der Waals surface area contributed by atoms with Crippen LogP contribution in [0.4, 0.5) is 5.69 Å². The maximum absolute atomic E-state index is 12.3. The third-order valence-electron chi connectivity index (χ3n) is 3.91. The molecule has 114 valence electrons. The number of ketones is 1. The number of Topliss-reactive ketones (excluding diaryl/α,β-unsaturated/α-hetero) is 1. The average molecular weight is 315 g/mol. The van der Waals surface area contributed by atoms with Gasteiger partial charge in [0.1, 0.15) is 0 Å². The van der Waals surface area contributed by atoms with Gasteiger partial charge in [0.2, 0.25) is 0 Å². The number of nitrogens with one attached hydrogen (secondary N) is 2. The minimum Gasteiger partial charge on any atom is -0.382 e. The number of halogens is 1. The molecule has 4 heteroatoms. The lowest BCUT2D eigenvalue weighted by Gasteiger charge is -2.07. The summed E-state index contributed by atoms with van der Waals surface area (Å²) in [5, 5.41) is 7.28. The molecular formula is C18H19ClN2O. The Labute approximate surface area is 135 Å². The topological polar surface area (TPSA) is 41.1 Å². The molecule has 1 unspecified atom stereocenters. The summed E-state index contributed by atoms with van der Waals surface area (Å²) in [6.07, 6.45) is 0.976. The van der Waals surface area contributed by atoms with Crippen molar-refractivity contribution in [3.8, 4) is 0 Å². The van der Waals surface area contributed by atoms with Gasteiger partial charge in [-0.1, -0.05) is 29.8 Å². The van der Waals surface area contributed by atoms with Gasteiger partial charge in [0.05, 0.1) is 6.54 Å². The van der Waals surface area contributed by atoms with Crippen LogP contribution in [-0.4, -0.2) is 18.4 Å². The maximum atomic E-state index is 12.3. The highest BCUT2D eigenvalue weighted by atomic mass is 35.5. The monoisotopic (exact) mass is 314 g/mol. The second-order valence-corrected chi connectivity index (χ2v) is 6.15. The van der Waals surface area contributed by atoms with E-state index in [1.807, 2.05) is 42.5 Å². The van der Waals surface area contributed by atoms with E-state index < -0.39 is 0 Å². The predicted octanol–water partition coefficient (Wildman–Crippen LogP) is 3.67. The smallest absolute Gasteiger partial charge is 0.176 e. The van der Waals surface area contributed by atoms with E-state index in [1.54, 1.807) is 0 Å². The van der Waals surface area contributed by atoms with Gasteiger partial charge in [0, 0.05) is 28.9 Å². The lowest BCUT2D eigenvalue weighted by atomic mass is 10.0. The molecule has 0 amide bonds. The fraction of sp³-hybridized carbons (Fsp3) is 0.278. The van der Waals surface area contributed by atoms with E-state index in [1.165, 1.54) is 5.56 Å². The van der Waals surface area contributed by atoms with Crippen molar-refractivity contribution in [3.63, 3.8) is 0 Å². The van der Waals surface area contributed by atoms with Gasteiger partial charge in [-0.15, -0.1) is 0 Å². The Morgan fingerprint density at radius 2 is 2.14 bits per heavy atom. The SMILES string of the molecule is CC1Cc2cc(C(=O)CNCc3ccccc3Cl)ccc2N1. The summed E-state index contributed by atoms with van der Waals surface area (Å²) in [7, 11) is 0. The van der Waals surface area contributed by atoms with Gasteiger partial charge in [0.25, 0.3) is 0 Å². The van der Waals surface area contributed by atoms with Gasteiger partial charge in [-0.05, 0) is 48.7 Å². The minimum absolute atomic E-state index is 0.106. The van der Waals surface area contributed by atoms with E-state index in [9.17, 15) is 4.79 Å². The predicted molar refractivity (Wildman–Crippen MR) is 90.7 cm³/mol. The molecule has 2 N–H and O–H groups in total. The number of benzene rings is 2. The van der Waals surface area contributed by atoms with Crippen LogP contribution in [0.2, 0.25) is 5.02 Å². The molecular weight excluding hydrogens is 296 g/mol. The molecule has 3 nitrogen and oxygen atoms in total. The Balaban J connectivity index is 1.59. The average Bonchev–Trinajstić information content (AvgIpc) is 2.88. The summed E-state index contributed by atoms with van der Waals surface area (Å²) in [5.74, 6) is 0.106. The number of hydrogen-bond acceptors (Lipinski definition) is 3. The van der Waals surface area contributed by atoms with Crippen LogP contribution in [0.25, 0.3) is 0 Å². The Kier molecular flexibility index (Phi) is 4.46. The summed E-state index contributed by atoms with van der Waals surface area (Å²) >= 11 is 6.10. The molecule has 1 aliphatic heterocycles. The second-order valence-electron chi connectivity index (χ2n) is 5.74. The standard InChI is InChI=1S/C18H19ClN2O/c1-12-8-15-9-13(6-7-17(15)21-12)18(22)11-20-10-14-4-2-3-5-16(14)19/h2-7,9,12,20-21H,8,10-11H2,1H3. The number of carbonyl (C=O) groups is 1. The highest BCUT2D eigenvalue weighted by molar-refractivity contribution is 6.31. The fourth-order valence-corrected chi connectivity index (χ4v) is 2.98. The molecule has 3 rings (SSSR count). The Bertz CT molecular complexity index is 699. The number of fused-ring (bicyclic) bond motifs is 1. The summed E-state index contributed by atoms with van der Waals surface area (Å²) < 4.78 is 0. The van der Waals surface area contributed by atoms with Crippen LogP contribution in [0, 0.1) is 0 Å². The van der Waals surface area contributed by atoms with Crippen molar-refractivity contribution in [2.75, 3.05) is 11.9 Å². The van der Waals surface area contributed by atoms with Gasteiger partial charge in [-0.3, -0.25) is 4.79 Å². The number of carbonyl (C=O) groups excluding carboxylic acids is 1. The first kappa shape index (κ1) is 15.1. The molecule has 0 fully saturated rings. The van der Waals surface area contributed by atoms with Crippen LogP contribution in [0.15, 0.2) is 42.5 Å². The Morgan fingerprint density at radius 1 is 1.32 bits per heavy atom. The molecule has 1 aliphatic rings. The zero-order valence-electron chi connectivity index (χ0n) is 12.5. The van der Waals surface area contributed by atoms with E-state index >= 15 is 0 Å². The maximum Gasteiger partial charge on any atom is 0.176 e. The molecule has 1 atom stereocenters. The minimum atomic E-state index is 0.106. The van der Waals surface area contributed by atoms with Gasteiger partial charge >= 0.3 is 0 Å². The first-order valence-corrected chi connectivity index (χ1v) is 7.88. The molecule has 2 aromatic carbocycles. The van der Waals surface area contributed by atoms with Crippen LogP contribution >= 0.6 is 11.6 Å². The lowest BCUT2D eigenvalue weighted by Crippen LogP contribution is -2.22. The van der Waals surface area contributed by atoms with Crippen molar-refractivity contribution >= 4 is 23.1 Å². The van der Waals surface area contributed by atoms with Gasteiger partial charge in [0.15, 0.2) is 5.78 Å². The molecule has 0 radical (unpaired) electrons. The quantitative estimate of drug-likeness (QED) is 0.827. The number of hydrogen-bond donors (Lipinski definition) is 2. The molecule has 22 heavy (non-hydrogen) atoms. The molecule has 0 saturated heterocycles. The summed E-state index contributed by atoms with van der Waals surface area (Å²) in [4.78, 5) is 12.3. The third-order valence-corrected chi connectivity index (χ3v) is 4.28. The van der Waals surface area contributed by atoms with E-state index in [4.69, 9.17) is 11.6 Å². The van der Waals surface area contributed by atoms with Crippen LogP contribution in [-0.2, 0) is 13.0 Å². The number of rotatable bonds is 5. The molecule has 0 aliphatic carbocycles. The van der Waals surface area contributed by atoms with E-state index in [2.05, 4.69) is 17.6 Å². The van der Waals surface area contributed by atoms with E-state index in [0.29, 0.717) is 19.1 Å². The molecule has 2 aromatic rings. The van der Waals surface area contributed by atoms with Crippen molar-refractivity contribution in [2.24, 2.45) is 0 Å². The van der Waals surface area contributed by atoms with Crippen LogP contribution in [0.3, 0.4) is 0 Å². The van der Waals surface area contributed by atoms with Gasteiger partial charge < -0.3 is 10.6 Å². The zero-order valence-corrected chi connectivity index (χ0v) is 13.3. The first-order valence-electron chi connectivity index (χ1n) is 7.50. The molecule has 0 aromatic heterocycles. The molecule has 0 bridgehead atoms. The van der Waals surface area contributed by atoms with Gasteiger partial charge in [-0.25, -0.2) is 0 Å². The van der Waals surface area contributed by atoms with Crippen molar-refractivity contribution in [1.29, 1.82) is 0 Å². The Hall–Kier alpha value is -1.84. The van der Waals surface area contributed by atoms with Crippen LogP contribution in [0.5, 0.6) is 0 Å². The molecule has 1 heterocycles. The first-order chi connectivity index (χ1) is 10.6. The normalized spacial score (nSPS) is 16.2. The summed E-state index contributed by atoms with van der Waals surface area (Å²) in [5.41, 5.74) is 4.14. The van der Waals surface area contributed by atoms with Crippen molar-refractivity contribution < 1.29 is 4.79 Å². The summed E-state index contributed by atoms with van der Waals surface area (Å²) in [6.45, 7) is 3.05. The van der Waals surface area contributed by atoms with E-state index in [-0.39, 0.29) is 5.78 Å². The highest BCUT2D eigenvalue weighted by Gasteiger charge is 2.18.